The Morgan fingerprint density at radius 2 is 2.38 bits per heavy atom. The first-order valence-corrected chi connectivity index (χ1v) is 4.46. The minimum Gasteiger partial charge on any atom is -0.480 e. The number of fused-ring (bicyclic) bond motifs is 2. The van der Waals surface area contributed by atoms with E-state index in [-0.39, 0.29) is 18.6 Å². The second-order valence-electron chi connectivity index (χ2n) is 3.55. The highest BCUT2D eigenvalue weighted by atomic mass is 16.4. The Morgan fingerprint density at radius 3 is 3.00 bits per heavy atom. The van der Waals surface area contributed by atoms with Crippen LogP contribution < -0.4 is 0 Å². The van der Waals surface area contributed by atoms with Gasteiger partial charge in [-0.25, -0.2) is 4.79 Å². The first kappa shape index (κ1) is 8.34. The molecule has 2 heterocycles. The minimum absolute atomic E-state index is 0.107. The van der Waals surface area contributed by atoms with E-state index in [1.54, 1.807) is 4.90 Å². The standard InChI is InChI=1S/C8H12N2O3/c11-7(12)5-10-6-2-1-3-9(4-6)8(10)13/h6H,1-5H2,(H,11,12). The summed E-state index contributed by atoms with van der Waals surface area (Å²) >= 11 is 0. The highest BCUT2D eigenvalue weighted by Crippen LogP contribution is 2.24. The summed E-state index contributed by atoms with van der Waals surface area (Å²) in [6, 6.07) is 0.0299. The summed E-state index contributed by atoms with van der Waals surface area (Å²) in [5.74, 6) is -0.929. The van der Waals surface area contributed by atoms with Crippen LogP contribution in [0.4, 0.5) is 4.79 Å². The van der Waals surface area contributed by atoms with Crippen molar-refractivity contribution in [1.29, 1.82) is 0 Å². The fraction of sp³-hybridized carbons (Fsp3) is 0.750. The number of hydrogen-bond acceptors (Lipinski definition) is 2. The van der Waals surface area contributed by atoms with E-state index in [0.29, 0.717) is 6.54 Å². The van der Waals surface area contributed by atoms with Crippen molar-refractivity contribution in [2.24, 2.45) is 0 Å². The van der Waals surface area contributed by atoms with Crippen LogP contribution in [0.2, 0.25) is 0 Å². The van der Waals surface area contributed by atoms with Gasteiger partial charge in [0.2, 0.25) is 0 Å². The monoisotopic (exact) mass is 184 g/mol. The van der Waals surface area contributed by atoms with Crippen LogP contribution in [0.3, 0.4) is 0 Å². The molecule has 0 aromatic rings. The number of amides is 2. The summed E-state index contributed by atoms with van der Waals surface area (Å²) in [5, 5.41) is 8.60. The number of piperidine rings is 1. The molecule has 2 saturated heterocycles. The summed E-state index contributed by atoms with van der Waals surface area (Å²) in [6.07, 6.45) is 1.93. The maximum Gasteiger partial charge on any atom is 0.323 e. The predicted molar refractivity (Wildman–Crippen MR) is 44.3 cm³/mol. The van der Waals surface area contributed by atoms with Gasteiger partial charge in [0.1, 0.15) is 6.54 Å². The number of urea groups is 1. The van der Waals surface area contributed by atoms with Crippen LogP contribution in [-0.4, -0.2) is 52.6 Å². The topological polar surface area (TPSA) is 60.9 Å². The first-order valence-electron chi connectivity index (χ1n) is 4.46. The molecule has 0 saturated carbocycles. The van der Waals surface area contributed by atoms with Crippen LogP contribution >= 0.6 is 0 Å². The van der Waals surface area contributed by atoms with E-state index >= 15 is 0 Å². The summed E-state index contributed by atoms with van der Waals surface area (Å²) in [6.45, 7) is 1.34. The third-order valence-electron chi connectivity index (χ3n) is 2.66. The van der Waals surface area contributed by atoms with Gasteiger partial charge in [-0.15, -0.1) is 0 Å². The van der Waals surface area contributed by atoms with E-state index in [0.717, 1.165) is 19.4 Å². The molecule has 0 aromatic heterocycles. The zero-order chi connectivity index (χ0) is 9.42. The SMILES string of the molecule is O=C(O)CN1C(=O)N2CCCC1C2. The van der Waals surface area contributed by atoms with Crippen LogP contribution in [0.1, 0.15) is 12.8 Å². The van der Waals surface area contributed by atoms with Gasteiger partial charge in [0.05, 0.1) is 6.04 Å². The van der Waals surface area contributed by atoms with Gasteiger partial charge in [-0.3, -0.25) is 4.79 Å². The third-order valence-corrected chi connectivity index (χ3v) is 2.66. The molecule has 13 heavy (non-hydrogen) atoms. The molecule has 72 valence electrons. The molecule has 1 atom stereocenters. The number of hydrogen-bond donors (Lipinski definition) is 1. The molecule has 2 fully saturated rings. The van der Waals surface area contributed by atoms with Crippen molar-refractivity contribution < 1.29 is 14.7 Å². The first-order chi connectivity index (χ1) is 6.18. The smallest absolute Gasteiger partial charge is 0.323 e. The largest absolute Gasteiger partial charge is 0.480 e. The number of carbonyl (C=O) groups excluding carboxylic acids is 1. The molecule has 2 rings (SSSR count). The van der Waals surface area contributed by atoms with E-state index in [9.17, 15) is 9.59 Å². The second-order valence-corrected chi connectivity index (χ2v) is 3.55. The summed E-state index contributed by atoms with van der Waals surface area (Å²) < 4.78 is 0. The Bertz CT molecular complexity index is 254. The lowest BCUT2D eigenvalue weighted by Gasteiger charge is -2.21. The van der Waals surface area contributed by atoms with E-state index in [1.165, 1.54) is 4.90 Å². The molecule has 5 heteroatoms. The molecule has 0 aliphatic carbocycles. The number of carboxylic acids is 1. The molecule has 2 aliphatic heterocycles. The zero-order valence-electron chi connectivity index (χ0n) is 7.27. The fourth-order valence-corrected chi connectivity index (χ4v) is 2.06. The van der Waals surface area contributed by atoms with Crippen LogP contribution in [0.15, 0.2) is 0 Å². The summed E-state index contributed by atoms with van der Waals surface area (Å²) in [5.41, 5.74) is 0. The Labute approximate surface area is 75.9 Å². The molecule has 1 N–H and O–H groups in total. The van der Waals surface area contributed by atoms with E-state index in [1.807, 2.05) is 0 Å². The second kappa shape index (κ2) is 2.90. The normalized spacial score (nSPS) is 26.8. The van der Waals surface area contributed by atoms with Crippen molar-refractivity contribution in [2.75, 3.05) is 19.6 Å². The van der Waals surface area contributed by atoms with Crippen molar-refractivity contribution in [3.05, 3.63) is 0 Å². The molecule has 2 bridgehead atoms. The molecule has 0 radical (unpaired) electrons. The number of carboxylic acid groups (broad SMARTS) is 1. The quantitative estimate of drug-likeness (QED) is 0.655. The number of carbonyl (C=O) groups is 2. The number of rotatable bonds is 2. The van der Waals surface area contributed by atoms with Gasteiger partial charge in [-0.1, -0.05) is 0 Å². The van der Waals surface area contributed by atoms with Crippen molar-refractivity contribution in [2.45, 2.75) is 18.9 Å². The van der Waals surface area contributed by atoms with Crippen molar-refractivity contribution >= 4 is 12.0 Å². The average molecular weight is 184 g/mol. The van der Waals surface area contributed by atoms with Crippen molar-refractivity contribution in [1.82, 2.24) is 9.80 Å². The molecule has 0 aromatic carbocycles. The van der Waals surface area contributed by atoms with Gasteiger partial charge in [0.25, 0.3) is 0 Å². The van der Waals surface area contributed by atoms with Crippen LogP contribution in [-0.2, 0) is 4.79 Å². The lowest BCUT2D eigenvalue weighted by atomic mass is 10.1. The lowest BCUT2D eigenvalue weighted by molar-refractivity contribution is -0.137. The Hall–Kier alpha value is -1.26. The molecular formula is C8H12N2O3. The van der Waals surface area contributed by atoms with Crippen LogP contribution in [0.25, 0.3) is 0 Å². The highest BCUT2D eigenvalue weighted by molar-refractivity contribution is 5.82. The third kappa shape index (κ3) is 1.34. The molecule has 5 nitrogen and oxygen atoms in total. The Morgan fingerprint density at radius 1 is 1.62 bits per heavy atom. The molecule has 1 unspecified atom stereocenters. The maximum absolute atomic E-state index is 11.5. The van der Waals surface area contributed by atoms with Gasteiger partial charge in [0, 0.05) is 13.1 Å². The van der Waals surface area contributed by atoms with Crippen LogP contribution in [0.5, 0.6) is 0 Å². The van der Waals surface area contributed by atoms with Gasteiger partial charge < -0.3 is 14.9 Å². The van der Waals surface area contributed by atoms with Gasteiger partial charge >= 0.3 is 12.0 Å². The van der Waals surface area contributed by atoms with E-state index < -0.39 is 5.97 Å². The lowest BCUT2D eigenvalue weighted by Crippen LogP contribution is -2.37. The zero-order valence-corrected chi connectivity index (χ0v) is 7.27. The number of aliphatic carboxylic acids is 1. The van der Waals surface area contributed by atoms with E-state index in [4.69, 9.17) is 5.11 Å². The highest BCUT2D eigenvalue weighted by Gasteiger charge is 2.40. The Balaban J connectivity index is 2.10. The van der Waals surface area contributed by atoms with E-state index in [2.05, 4.69) is 0 Å². The fourth-order valence-electron chi connectivity index (χ4n) is 2.06. The van der Waals surface area contributed by atoms with Gasteiger partial charge in [-0.2, -0.15) is 0 Å². The summed E-state index contributed by atoms with van der Waals surface area (Å²) in [4.78, 5) is 25.2. The van der Waals surface area contributed by atoms with Crippen molar-refractivity contribution in [3.63, 3.8) is 0 Å². The van der Waals surface area contributed by atoms with Gasteiger partial charge in [-0.05, 0) is 12.8 Å². The average Bonchev–Trinajstić information content (AvgIpc) is 2.30. The predicted octanol–water partition coefficient (Wildman–Crippen LogP) is -0.0290. The van der Waals surface area contributed by atoms with Crippen molar-refractivity contribution in [3.8, 4) is 0 Å². The van der Waals surface area contributed by atoms with Gasteiger partial charge in [0.15, 0.2) is 0 Å². The molecular weight excluding hydrogens is 172 g/mol. The number of nitrogens with zero attached hydrogens (tertiary/aromatic N) is 2. The minimum atomic E-state index is -0.929. The summed E-state index contributed by atoms with van der Waals surface area (Å²) in [7, 11) is 0. The van der Waals surface area contributed by atoms with Crippen LogP contribution in [0, 0.1) is 0 Å². The molecule has 0 spiro atoms. The maximum atomic E-state index is 11.5. The Kier molecular flexibility index (Phi) is 1.86. The molecule has 2 aliphatic rings. The molecule has 2 amide bonds.